The summed E-state index contributed by atoms with van der Waals surface area (Å²) in [5, 5.41) is 11.3. The summed E-state index contributed by atoms with van der Waals surface area (Å²) in [5.74, 6) is 1.93. The summed E-state index contributed by atoms with van der Waals surface area (Å²) in [6.07, 6.45) is 1.88. The van der Waals surface area contributed by atoms with E-state index in [1.54, 1.807) is 24.3 Å². The number of pyridine rings is 1. The summed E-state index contributed by atoms with van der Waals surface area (Å²) < 4.78 is 7.61. The van der Waals surface area contributed by atoms with E-state index in [1.165, 1.54) is 0 Å². The van der Waals surface area contributed by atoms with Crippen LogP contribution >= 0.6 is 0 Å². The molecule has 4 rings (SSSR count). The highest BCUT2D eigenvalue weighted by Crippen LogP contribution is 2.21. The third-order valence-corrected chi connectivity index (χ3v) is 4.17. The van der Waals surface area contributed by atoms with E-state index in [0.717, 1.165) is 11.4 Å². The lowest BCUT2D eigenvalue weighted by Crippen LogP contribution is -2.27. The number of nitrogens with one attached hydrogen (secondary N) is 1. The van der Waals surface area contributed by atoms with E-state index in [9.17, 15) is 4.79 Å². The van der Waals surface area contributed by atoms with Gasteiger partial charge in [-0.3, -0.25) is 9.20 Å². The third-order valence-electron chi connectivity index (χ3n) is 4.17. The number of carbonyl (C=O) groups is 1. The topological polar surface area (TPSA) is 68.5 Å². The molecule has 0 radical (unpaired) electrons. The summed E-state index contributed by atoms with van der Waals surface area (Å²) in [6.45, 7) is 1.88. The van der Waals surface area contributed by atoms with Crippen LogP contribution in [-0.4, -0.2) is 20.5 Å². The largest absolute Gasteiger partial charge is 0.457 e. The van der Waals surface area contributed by atoms with Crippen molar-refractivity contribution in [2.45, 2.75) is 13.0 Å². The van der Waals surface area contributed by atoms with Gasteiger partial charge in [0.1, 0.15) is 11.5 Å². The molecule has 0 aliphatic rings. The van der Waals surface area contributed by atoms with E-state index in [2.05, 4.69) is 15.5 Å². The first-order chi connectivity index (χ1) is 13.2. The van der Waals surface area contributed by atoms with Crippen LogP contribution in [0.5, 0.6) is 11.5 Å². The summed E-state index contributed by atoms with van der Waals surface area (Å²) in [4.78, 5) is 12.5. The van der Waals surface area contributed by atoms with Crippen molar-refractivity contribution in [1.82, 2.24) is 19.9 Å². The molecule has 1 amide bonds. The molecule has 0 aliphatic carbocycles. The van der Waals surface area contributed by atoms with Gasteiger partial charge in [0.25, 0.3) is 5.91 Å². The second kappa shape index (κ2) is 7.29. The van der Waals surface area contributed by atoms with Crippen LogP contribution in [-0.2, 0) is 0 Å². The molecule has 6 nitrogen and oxygen atoms in total. The first-order valence-corrected chi connectivity index (χ1v) is 8.64. The maximum absolute atomic E-state index is 12.5. The monoisotopic (exact) mass is 358 g/mol. The lowest BCUT2D eigenvalue weighted by atomic mass is 10.2. The number of hydrogen-bond donors (Lipinski definition) is 1. The Morgan fingerprint density at radius 1 is 0.926 bits per heavy atom. The zero-order valence-electron chi connectivity index (χ0n) is 14.7. The molecule has 2 heterocycles. The molecule has 6 heteroatoms. The number of carbonyl (C=O) groups excluding carboxylic acids is 1. The smallest absolute Gasteiger partial charge is 0.251 e. The molecule has 0 spiro atoms. The minimum absolute atomic E-state index is 0.179. The molecular weight excluding hydrogens is 340 g/mol. The van der Waals surface area contributed by atoms with Gasteiger partial charge in [0, 0.05) is 11.8 Å². The van der Waals surface area contributed by atoms with Crippen LogP contribution in [0.3, 0.4) is 0 Å². The molecule has 2 aromatic carbocycles. The summed E-state index contributed by atoms with van der Waals surface area (Å²) in [5.41, 5.74) is 1.30. The molecule has 2 aromatic heterocycles. The molecule has 27 heavy (non-hydrogen) atoms. The molecule has 4 aromatic rings. The number of aromatic nitrogens is 3. The second-order valence-electron chi connectivity index (χ2n) is 6.12. The molecule has 1 atom stereocenters. The number of fused-ring (bicyclic) bond motifs is 1. The van der Waals surface area contributed by atoms with Gasteiger partial charge in [-0.25, -0.2) is 0 Å². The van der Waals surface area contributed by atoms with Crippen LogP contribution < -0.4 is 10.1 Å². The van der Waals surface area contributed by atoms with Crippen LogP contribution in [0.1, 0.15) is 29.1 Å². The first-order valence-electron chi connectivity index (χ1n) is 8.64. The standard InChI is InChI=1S/C21H18N4O2/c1-15(20-24-23-19-9-5-6-14-25(19)20)22-21(26)16-10-12-18(13-11-16)27-17-7-3-2-4-8-17/h2-15H,1H3,(H,22,26)/t15-/m1/s1. The predicted octanol–water partition coefficient (Wildman–Crippen LogP) is 4.01. The number of ether oxygens (including phenoxy) is 1. The zero-order valence-corrected chi connectivity index (χ0v) is 14.7. The van der Waals surface area contributed by atoms with Crippen molar-refractivity contribution >= 4 is 11.6 Å². The van der Waals surface area contributed by atoms with Crippen molar-refractivity contribution in [3.63, 3.8) is 0 Å². The molecule has 1 N–H and O–H groups in total. The van der Waals surface area contributed by atoms with E-state index in [1.807, 2.05) is 66.1 Å². The van der Waals surface area contributed by atoms with Crippen molar-refractivity contribution in [1.29, 1.82) is 0 Å². The quantitative estimate of drug-likeness (QED) is 0.585. The van der Waals surface area contributed by atoms with Crippen molar-refractivity contribution < 1.29 is 9.53 Å². The van der Waals surface area contributed by atoms with Gasteiger partial charge in [-0.2, -0.15) is 0 Å². The lowest BCUT2D eigenvalue weighted by molar-refractivity contribution is 0.0938. The van der Waals surface area contributed by atoms with Crippen molar-refractivity contribution in [3.8, 4) is 11.5 Å². The fraction of sp³-hybridized carbons (Fsp3) is 0.0952. The minimum Gasteiger partial charge on any atom is -0.457 e. The SMILES string of the molecule is C[C@@H](NC(=O)c1ccc(Oc2ccccc2)cc1)c1nnc2ccccn12. The fourth-order valence-corrected chi connectivity index (χ4v) is 2.80. The average molecular weight is 358 g/mol. The average Bonchev–Trinajstić information content (AvgIpc) is 3.13. The third kappa shape index (κ3) is 3.64. The van der Waals surface area contributed by atoms with E-state index in [-0.39, 0.29) is 11.9 Å². The maximum atomic E-state index is 12.5. The van der Waals surface area contributed by atoms with E-state index >= 15 is 0 Å². The van der Waals surface area contributed by atoms with Crippen LogP contribution in [0.4, 0.5) is 0 Å². The number of rotatable bonds is 5. The Balaban J connectivity index is 1.45. The molecule has 0 saturated carbocycles. The van der Waals surface area contributed by atoms with Crippen molar-refractivity contribution in [2.75, 3.05) is 0 Å². The minimum atomic E-state index is -0.282. The normalized spacial score (nSPS) is 11.9. The zero-order chi connectivity index (χ0) is 18.6. The Morgan fingerprint density at radius 3 is 2.41 bits per heavy atom. The van der Waals surface area contributed by atoms with Gasteiger partial charge in [0.05, 0.1) is 6.04 Å². The highest BCUT2D eigenvalue weighted by atomic mass is 16.5. The van der Waals surface area contributed by atoms with Gasteiger partial charge < -0.3 is 10.1 Å². The molecule has 0 bridgehead atoms. The molecule has 134 valence electrons. The van der Waals surface area contributed by atoms with Gasteiger partial charge in [-0.15, -0.1) is 10.2 Å². The fourth-order valence-electron chi connectivity index (χ4n) is 2.80. The van der Waals surface area contributed by atoms with E-state index in [0.29, 0.717) is 17.1 Å². The van der Waals surface area contributed by atoms with E-state index < -0.39 is 0 Å². The molecular formula is C21H18N4O2. The van der Waals surface area contributed by atoms with Crippen LogP contribution in [0, 0.1) is 0 Å². The van der Waals surface area contributed by atoms with Gasteiger partial charge >= 0.3 is 0 Å². The molecule has 0 saturated heterocycles. The van der Waals surface area contributed by atoms with Gasteiger partial charge in [-0.05, 0) is 55.5 Å². The number of hydrogen-bond acceptors (Lipinski definition) is 4. The summed E-state index contributed by atoms with van der Waals surface area (Å²) >= 11 is 0. The van der Waals surface area contributed by atoms with Gasteiger partial charge in [-0.1, -0.05) is 24.3 Å². The Morgan fingerprint density at radius 2 is 1.63 bits per heavy atom. The van der Waals surface area contributed by atoms with Crippen LogP contribution in [0.25, 0.3) is 5.65 Å². The highest BCUT2D eigenvalue weighted by Gasteiger charge is 2.16. The van der Waals surface area contributed by atoms with Crippen molar-refractivity contribution in [2.24, 2.45) is 0 Å². The number of nitrogens with zero attached hydrogens (tertiary/aromatic N) is 3. The predicted molar refractivity (Wildman–Crippen MR) is 102 cm³/mol. The number of benzene rings is 2. The van der Waals surface area contributed by atoms with Crippen molar-refractivity contribution in [3.05, 3.63) is 90.4 Å². The number of amides is 1. The molecule has 0 unspecified atom stereocenters. The van der Waals surface area contributed by atoms with Gasteiger partial charge in [0.15, 0.2) is 11.5 Å². The second-order valence-corrected chi connectivity index (χ2v) is 6.12. The Bertz CT molecular complexity index is 1060. The molecule has 0 aliphatic heterocycles. The Labute approximate surface area is 156 Å². The van der Waals surface area contributed by atoms with Gasteiger partial charge in [0.2, 0.25) is 0 Å². The summed E-state index contributed by atoms with van der Waals surface area (Å²) in [7, 11) is 0. The first kappa shape index (κ1) is 16.8. The Hall–Kier alpha value is -3.67. The molecule has 0 fully saturated rings. The summed E-state index contributed by atoms with van der Waals surface area (Å²) in [6, 6.07) is 21.9. The maximum Gasteiger partial charge on any atom is 0.251 e. The lowest BCUT2D eigenvalue weighted by Gasteiger charge is -2.13. The highest BCUT2D eigenvalue weighted by molar-refractivity contribution is 5.94. The van der Waals surface area contributed by atoms with E-state index in [4.69, 9.17) is 4.74 Å². The Kier molecular flexibility index (Phi) is 4.53. The number of para-hydroxylation sites is 1. The van der Waals surface area contributed by atoms with Crippen LogP contribution in [0.15, 0.2) is 79.0 Å². The van der Waals surface area contributed by atoms with Crippen LogP contribution in [0.2, 0.25) is 0 Å².